The van der Waals surface area contributed by atoms with Gasteiger partial charge in [0.05, 0.1) is 3.57 Å². The van der Waals surface area contributed by atoms with Gasteiger partial charge in [0.25, 0.3) is 0 Å². The fraction of sp³-hybridized carbons (Fsp3) is 0. The number of rotatable bonds is 0. The van der Waals surface area contributed by atoms with Gasteiger partial charge in [-0.2, -0.15) is 0 Å². The van der Waals surface area contributed by atoms with Crippen LogP contribution in [0.1, 0.15) is 0 Å². The van der Waals surface area contributed by atoms with Gasteiger partial charge in [0.2, 0.25) is 0 Å². The van der Waals surface area contributed by atoms with Gasteiger partial charge in [-0.15, -0.1) is 0 Å². The van der Waals surface area contributed by atoms with Crippen LogP contribution >= 0.6 is 22.6 Å². The molecule has 0 aliphatic heterocycles. The first kappa shape index (κ1) is 9.03. The first-order valence-corrected chi connectivity index (χ1v) is 5.70. The molecule has 2 N–H and O–H groups in total. The minimum absolute atomic E-state index is 0.733. The molecule has 0 atom stereocenters. The highest BCUT2D eigenvalue weighted by molar-refractivity contribution is 14.1. The molecule has 0 bridgehead atoms. The third-order valence-electron chi connectivity index (χ3n) is 2.47. The average Bonchev–Trinajstić information content (AvgIpc) is 2.57. The van der Waals surface area contributed by atoms with Crippen LogP contribution in [0.4, 0.5) is 5.69 Å². The van der Waals surface area contributed by atoms with E-state index in [1.165, 1.54) is 0 Å². The lowest BCUT2D eigenvalue weighted by atomic mass is 10.1. The van der Waals surface area contributed by atoms with E-state index in [9.17, 15) is 0 Å². The molecule has 3 aromatic rings. The van der Waals surface area contributed by atoms with E-state index in [2.05, 4.69) is 28.7 Å². The number of fused-ring (bicyclic) bond motifs is 3. The number of furan rings is 1. The smallest absolute Gasteiger partial charge is 0.148 e. The predicted molar refractivity (Wildman–Crippen MR) is 70.8 cm³/mol. The van der Waals surface area contributed by atoms with Crippen LogP contribution in [-0.4, -0.2) is 0 Å². The summed E-state index contributed by atoms with van der Waals surface area (Å²) < 4.78 is 6.90. The first-order valence-electron chi connectivity index (χ1n) is 4.62. The van der Waals surface area contributed by atoms with Gasteiger partial charge in [0, 0.05) is 22.5 Å². The van der Waals surface area contributed by atoms with Crippen molar-refractivity contribution in [2.45, 2.75) is 0 Å². The summed E-state index contributed by atoms with van der Waals surface area (Å²) in [7, 11) is 0. The fourth-order valence-electron chi connectivity index (χ4n) is 1.78. The molecule has 1 heterocycles. The van der Waals surface area contributed by atoms with Gasteiger partial charge in [-0.1, -0.05) is 12.1 Å². The minimum Gasteiger partial charge on any atom is -0.455 e. The molecule has 2 nitrogen and oxygen atoms in total. The summed E-state index contributed by atoms with van der Waals surface area (Å²) in [6.07, 6.45) is 0. The summed E-state index contributed by atoms with van der Waals surface area (Å²) in [5.41, 5.74) is 8.25. The maximum absolute atomic E-state index is 5.78. The standard InChI is InChI=1S/C12H8INO/c13-10-3-1-2-9-8-5-4-7(14)6-11(8)15-12(9)10/h1-6H,14H2. The molecule has 0 unspecified atom stereocenters. The molecular weight excluding hydrogens is 301 g/mol. The van der Waals surface area contributed by atoms with Crippen LogP contribution in [0.25, 0.3) is 21.9 Å². The van der Waals surface area contributed by atoms with Crippen LogP contribution in [0.2, 0.25) is 0 Å². The van der Waals surface area contributed by atoms with E-state index in [0.29, 0.717) is 0 Å². The topological polar surface area (TPSA) is 39.2 Å². The van der Waals surface area contributed by atoms with Crippen LogP contribution in [0, 0.1) is 3.57 Å². The lowest BCUT2D eigenvalue weighted by molar-refractivity contribution is 0.667. The summed E-state index contributed by atoms with van der Waals surface area (Å²) in [6.45, 7) is 0. The van der Waals surface area contributed by atoms with Crippen molar-refractivity contribution in [1.29, 1.82) is 0 Å². The van der Waals surface area contributed by atoms with Crippen molar-refractivity contribution in [3.63, 3.8) is 0 Å². The molecule has 0 aliphatic rings. The first-order chi connectivity index (χ1) is 7.25. The number of hydrogen-bond donors (Lipinski definition) is 1. The van der Waals surface area contributed by atoms with E-state index in [1.54, 1.807) is 0 Å². The van der Waals surface area contributed by atoms with Gasteiger partial charge in [0.15, 0.2) is 0 Å². The number of nitrogens with two attached hydrogens (primary N) is 1. The highest BCUT2D eigenvalue weighted by Gasteiger charge is 2.08. The Balaban J connectivity index is 2.57. The van der Waals surface area contributed by atoms with Crippen LogP contribution in [0.5, 0.6) is 0 Å². The maximum atomic E-state index is 5.78. The van der Waals surface area contributed by atoms with E-state index in [0.717, 1.165) is 31.2 Å². The SMILES string of the molecule is Nc1ccc2c(c1)oc1c(I)cccc12. The molecule has 3 heteroatoms. The zero-order valence-electron chi connectivity index (χ0n) is 7.83. The summed E-state index contributed by atoms with van der Waals surface area (Å²) in [4.78, 5) is 0. The Hall–Kier alpha value is -1.23. The molecule has 74 valence electrons. The van der Waals surface area contributed by atoms with E-state index < -0.39 is 0 Å². The molecule has 3 rings (SSSR count). The third-order valence-corrected chi connectivity index (χ3v) is 3.32. The van der Waals surface area contributed by atoms with Crippen LogP contribution < -0.4 is 5.73 Å². The van der Waals surface area contributed by atoms with Crippen molar-refractivity contribution in [3.8, 4) is 0 Å². The molecule has 0 amide bonds. The number of benzene rings is 2. The average molecular weight is 309 g/mol. The second-order valence-electron chi connectivity index (χ2n) is 3.47. The van der Waals surface area contributed by atoms with Gasteiger partial charge in [-0.25, -0.2) is 0 Å². The molecular formula is C12H8INO. The quantitative estimate of drug-likeness (QED) is 0.507. The van der Waals surface area contributed by atoms with Gasteiger partial charge >= 0.3 is 0 Å². The van der Waals surface area contributed by atoms with Crippen molar-refractivity contribution in [2.75, 3.05) is 5.73 Å². The monoisotopic (exact) mass is 309 g/mol. The van der Waals surface area contributed by atoms with E-state index in [1.807, 2.05) is 30.3 Å². The summed E-state index contributed by atoms with van der Waals surface area (Å²) >= 11 is 2.28. The summed E-state index contributed by atoms with van der Waals surface area (Å²) in [5.74, 6) is 0. The van der Waals surface area contributed by atoms with Gasteiger partial charge in [-0.3, -0.25) is 0 Å². The van der Waals surface area contributed by atoms with Crippen molar-refractivity contribution in [1.82, 2.24) is 0 Å². The second kappa shape index (κ2) is 3.13. The maximum Gasteiger partial charge on any atom is 0.148 e. The molecule has 0 saturated carbocycles. The summed E-state index contributed by atoms with van der Waals surface area (Å²) in [5, 5.41) is 2.27. The van der Waals surface area contributed by atoms with Crippen LogP contribution in [0.3, 0.4) is 0 Å². The number of hydrogen-bond acceptors (Lipinski definition) is 2. The Kier molecular flexibility index (Phi) is 1.88. The molecule has 0 fully saturated rings. The molecule has 1 aromatic heterocycles. The Bertz CT molecular complexity index is 657. The zero-order chi connectivity index (χ0) is 10.4. The molecule has 15 heavy (non-hydrogen) atoms. The van der Waals surface area contributed by atoms with E-state index >= 15 is 0 Å². The molecule has 0 saturated heterocycles. The zero-order valence-corrected chi connectivity index (χ0v) is 9.99. The molecule has 0 radical (unpaired) electrons. The molecule has 0 spiro atoms. The van der Waals surface area contributed by atoms with Crippen molar-refractivity contribution < 1.29 is 4.42 Å². The van der Waals surface area contributed by atoms with Gasteiger partial charge in [-0.05, 0) is 40.8 Å². The van der Waals surface area contributed by atoms with Gasteiger partial charge < -0.3 is 10.2 Å². The fourth-order valence-corrected chi connectivity index (χ4v) is 2.39. The van der Waals surface area contributed by atoms with Gasteiger partial charge in [0.1, 0.15) is 11.2 Å². The Morgan fingerprint density at radius 2 is 1.93 bits per heavy atom. The Morgan fingerprint density at radius 3 is 2.80 bits per heavy atom. The predicted octanol–water partition coefficient (Wildman–Crippen LogP) is 3.77. The Labute approximate surface area is 100 Å². The van der Waals surface area contributed by atoms with Crippen LogP contribution in [-0.2, 0) is 0 Å². The summed E-state index contributed by atoms with van der Waals surface area (Å²) in [6, 6.07) is 11.9. The Morgan fingerprint density at radius 1 is 1.07 bits per heavy atom. The largest absolute Gasteiger partial charge is 0.455 e. The van der Waals surface area contributed by atoms with E-state index in [-0.39, 0.29) is 0 Å². The lowest BCUT2D eigenvalue weighted by Crippen LogP contribution is -1.81. The van der Waals surface area contributed by atoms with Crippen molar-refractivity contribution in [3.05, 3.63) is 40.0 Å². The highest BCUT2D eigenvalue weighted by atomic mass is 127. The number of para-hydroxylation sites is 1. The number of anilines is 1. The highest BCUT2D eigenvalue weighted by Crippen LogP contribution is 2.32. The number of nitrogen functional groups attached to an aromatic ring is 1. The van der Waals surface area contributed by atoms with Crippen LogP contribution in [0.15, 0.2) is 40.8 Å². The minimum atomic E-state index is 0.733. The van der Waals surface area contributed by atoms with Crippen molar-refractivity contribution in [2.24, 2.45) is 0 Å². The van der Waals surface area contributed by atoms with Crippen molar-refractivity contribution >= 4 is 50.2 Å². The molecule has 2 aromatic carbocycles. The van der Waals surface area contributed by atoms with E-state index in [4.69, 9.17) is 10.2 Å². The normalized spacial score (nSPS) is 11.3. The third kappa shape index (κ3) is 1.30. The lowest BCUT2D eigenvalue weighted by Gasteiger charge is -1.91. The molecule has 0 aliphatic carbocycles. The second-order valence-corrected chi connectivity index (χ2v) is 4.64. The number of halogens is 1.